The molecule has 2 heterocycles. The van der Waals surface area contributed by atoms with Crippen LogP contribution in [0.5, 0.6) is 0 Å². The van der Waals surface area contributed by atoms with Crippen molar-refractivity contribution in [2.24, 2.45) is 5.41 Å². The van der Waals surface area contributed by atoms with Crippen molar-refractivity contribution in [1.29, 1.82) is 0 Å². The maximum absolute atomic E-state index is 10.7. The van der Waals surface area contributed by atoms with Gasteiger partial charge in [0, 0.05) is 19.1 Å². The first-order chi connectivity index (χ1) is 9.30. The number of aromatic nitrogens is 3. The maximum atomic E-state index is 10.7. The highest BCUT2D eigenvalue weighted by Crippen LogP contribution is 2.34. The number of thioether (sulfide) groups is 1. The van der Waals surface area contributed by atoms with Crippen molar-refractivity contribution < 1.29 is 9.90 Å². The van der Waals surface area contributed by atoms with Crippen LogP contribution in [-0.4, -0.2) is 44.7 Å². The molecule has 0 amide bonds. The van der Waals surface area contributed by atoms with E-state index in [0.29, 0.717) is 10.6 Å². The molecule has 1 aromatic rings. The molecule has 0 aliphatic carbocycles. The molecule has 20 heavy (non-hydrogen) atoms. The van der Waals surface area contributed by atoms with E-state index in [1.807, 2.05) is 4.57 Å². The van der Waals surface area contributed by atoms with Crippen LogP contribution in [0.1, 0.15) is 40.2 Å². The largest absolute Gasteiger partial charge is 0.481 e. The zero-order valence-corrected chi connectivity index (χ0v) is 13.3. The fourth-order valence-corrected chi connectivity index (χ4v) is 3.23. The fraction of sp³-hybridized carbons (Fsp3) is 0.769. The number of hydrogen-bond donors (Lipinski definition) is 1. The van der Waals surface area contributed by atoms with Crippen molar-refractivity contribution in [2.75, 3.05) is 23.7 Å². The van der Waals surface area contributed by atoms with Crippen LogP contribution >= 0.6 is 11.8 Å². The van der Waals surface area contributed by atoms with Gasteiger partial charge in [-0.3, -0.25) is 9.36 Å². The second-order valence-electron chi connectivity index (χ2n) is 6.26. The normalized spacial score (nSPS) is 17.9. The molecule has 6 nitrogen and oxygen atoms in total. The first kappa shape index (κ1) is 15.2. The number of anilines is 1. The van der Waals surface area contributed by atoms with E-state index in [0.717, 1.165) is 25.5 Å². The van der Waals surface area contributed by atoms with Gasteiger partial charge in [0.15, 0.2) is 5.16 Å². The molecule has 0 atom stereocenters. The third-order valence-electron chi connectivity index (χ3n) is 3.45. The molecule has 0 unspecified atom stereocenters. The monoisotopic (exact) mass is 298 g/mol. The molecule has 1 saturated heterocycles. The summed E-state index contributed by atoms with van der Waals surface area (Å²) in [7, 11) is 0. The molecule has 0 radical (unpaired) electrons. The molecule has 0 bridgehead atoms. The second-order valence-corrected chi connectivity index (χ2v) is 7.21. The Labute approximate surface area is 123 Å². The molecule has 1 N–H and O–H groups in total. The zero-order valence-electron chi connectivity index (χ0n) is 12.5. The average Bonchev–Trinajstić information content (AvgIpc) is 2.89. The topological polar surface area (TPSA) is 71.2 Å². The van der Waals surface area contributed by atoms with Gasteiger partial charge in [-0.15, -0.1) is 10.2 Å². The SMILES string of the molecule is CC(C)n1c(SCC(=O)O)nnc1N1CCC(C)(C)C1. The van der Waals surface area contributed by atoms with E-state index >= 15 is 0 Å². The van der Waals surface area contributed by atoms with Crippen LogP contribution in [0.2, 0.25) is 0 Å². The molecule has 7 heteroatoms. The van der Waals surface area contributed by atoms with E-state index < -0.39 is 5.97 Å². The summed E-state index contributed by atoms with van der Waals surface area (Å²) < 4.78 is 2.04. The molecule has 1 fully saturated rings. The van der Waals surface area contributed by atoms with Crippen molar-refractivity contribution in [3.05, 3.63) is 0 Å². The zero-order chi connectivity index (χ0) is 14.9. The van der Waals surface area contributed by atoms with Gasteiger partial charge in [0.2, 0.25) is 5.95 Å². The van der Waals surface area contributed by atoms with E-state index in [2.05, 4.69) is 42.8 Å². The average molecular weight is 298 g/mol. The Balaban J connectivity index is 2.23. The van der Waals surface area contributed by atoms with Gasteiger partial charge in [-0.25, -0.2) is 0 Å². The first-order valence-electron chi connectivity index (χ1n) is 6.84. The predicted molar refractivity (Wildman–Crippen MR) is 79.4 cm³/mol. The quantitative estimate of drug-likeness (QED) is 0.841. The Morgan fingerprint density at radius 1 is 1.45 bits per heavy atom. The lowest BCUT2D eigenvalue weighted by molar-refractivity contribution is -0.133. The molecular formula is C13H22N4O2S. The summed E-state index contributed by atoms with van der Waals surface area (Å²) in [5.41, 5.74) is 0.294. The van der Waals surface area contributed by atoms with Crippen LogP contribution in [0.25, 0.3) is 0 Å². The van der Waals surface area contributed by atoms with E-state index in [-0.39, 0.29) is 11.8 Å². The molecule has 0 spiro atoms. The van der Waals surface area contributed by atoms with Crippen LogP contribution in [0.15, 0.2) is 5.16 Å². The third kappa shape index (κ3) is 3.26. The van der Waals surface area contributed by atoms with Gasteiger partial charge < -0.3 is 10.0 Å². The van der Waals surface area contributed by atoms with Gasteiger partial charge in [0.25, 0.3) is 0 Å². The predicted octanol–water partition coefficient (Wildman–Crippen LogP) is 2.27. The minimum atomic E-state index is -0.836. The maximum Gasteiger partial charge on any atom is 0.313 e. The highest BCUT2D eigenvalue weighted by Gasteiger charge is 2.32. The summed E-state index contributed by atoms with van der Waals surface area (Å²) >= 11 is 1.23. The van der Waals surface area contributed by atoms with Crippen molar-refractivity contribution in [3.63, 3.8) is 0 Å². The van der Waals surface area contributed by atoms with Gasteiger partial charge in [0.05, 0.1) is 5.75 Å². The van der Waals surface area contributed by atoms with Crippen LogP contribution in [0, 0.1) is 5.41 Å². The number of carbonyl (C=O) groups is 1. The highest BCUT2D eigenvalue weighted by molar-refractivity contribution is 7.99. The number of carboxylic acids is 1. The number of nitrogens with zero attached hydrogens (tertiary/aromatic N) is 4. The summed E-state index contributed by atoms with van der Waals surface area (Å²) in [6.45, 7) is 10.6. The lowest BCUT2D eigenvalue weighted by Crippen LogP contribution is -2.26. The van der Waals surface area contributed by atoms with Gasteiger partial charge in [0.1, 0.15) is 0 Å². The lowest BCUT2D eigenvalue weighted by atomic mass is 9.93. The fourth-order valence-electron chi connectivity index (χ4n) is 2.44. The summed E-state index contributed by atoms with van der Waals surface area (Å²) in [6.07, 6.45) is 1.13. The van der Waals surface area contributed by atoms with E-state index in [9.17, 15) is 4.79 Å². The molecule has 0 saturated carbocycles. The molecular weight excluding hydrogens is 276 g/mol. The molecule has 112 valence electrons. The Morgan fingerprint density at radius 3 is 2.65 bits per heavy atom. The van der Waals surface area contributed by atoms with Crippen molar-refractivity contribution in [3.8, 4) is 0 Å². The van der Waals surface area contributed by atoms with Gasteiger partial charge in [-0.05, 0) is 25.7 Å². The number of carboxylic acid groups (broad SMARTS) is 1. The van der Waals surface area contributed by atoms with Crippen molar-refractivity contribution >= 4 is 23.7 Å². The van der Waals surface area contributed by atoms with Crippen molar-refractivity contribution in [2.45, 2.75) is 45.3 Å². The Hall–Kier alpha value is -1.24. The summed E-state index contributed by atoms with van der Waals surface area (Å²) in [5.74, 6) is 0.0340. The number of rotatable bonds is 5. The first-order valence-corrected chi connectivity index (χ1v) is 7.83. The molecule has 1 aliphatic rings. The van der Waals surface area contributed by atoms with E-state index in [1.165, 1.54) is 11.8 Å². The second kappa shape index (κ2) is 5.63. The molecule has 1 aromatic heterocycles. The minimum Gasteiger partial charge on any atom is -0.481 e. The highest BCUT2D eigenvalue weighted by atomic mass is 32.2. The van der Waals surface area contributed by atoms with Crippen LogP contribution in [0.4, 0.5) is 5.95 Å². The Morgan fingerprint density at radius 2 is 2.15 bits per heavy atom. The summed E-state index contributed by atoms with van der Waals surface area (Å²) in [6, 6.07) is 0.208. The number of hydrogen-bond acceptors (Lipinski definition) is 5. The molecule has 0 aromatic carbocycles. The van der Waals surface area contributed by atoms with Gasteiger partial charge >= 0.3 is 5.97 Å². The smallest absolute Gasteiger partial charge is 0.313 e. The molecule has 1 aliphatic heterocycles. The number of aliphatic carboxylic acids is 1. The van der Waals surface area contributed by atoms with Crippen LogP contribution in [0.3, 0.4) is 0 Å². The third-order valence-corrected chi connectivity index (χ3v) is 4.38. The standard InChI is InChI=1S/C13H22N4O2S/c1-9(2)17-11(16-6-5-13(3,4)8-16)14-15-12(17)20-7-10(18)19/h9H,5-8H2,1-4H3,(H,18,19). The van der Waals surface area contributed by atoms with Crippen LogP contribution < -0.4 is 4.90 Å². The molecule has 2 rings (SSSR count). The van der Waals surface area contributed by atoms with Crippen LogP contribution in [-0.2, 0) is 4.79 Å². The Kier molecular flexibility index (Phi) is 4.27. The van der Waals surface area contributed by atoms with Gasteiger partial charge in [-0.1, -0.05) is 25.6 Å². The lowest BCUT2D eigenvalue weighted by Gasteiger charge is -2.23. The summed E-state index contributed by atoms with van der Waals surface area (Å²) in [4.78, 5) is 13.0. The van der Waals surface area contributed by atoms with E-state index in [4.69, 9.17) is 5.11 Å². The minimum absolute atomic E-state index is 0.0103. The van der Waals surface area contributed by atoms with Crippen molar-refractivity contribution in [1.82, 2.24) is 14.8 Å². The Bertz CT molecular complexity index is 499. The van der Waals surface area contributed by atoms with Gasteiger partial charge in [-0.2, -0.15) is 0 Å². The summed E-state index contributed by atoms with van der Waals surface area (Å²) in [5, 5.41) is 17.9. The van der Waals surface area contributed by atoms with E-state index in [1.54, 1.807) is 0 Å².